The first-order valence-corrected chi connectivity index (χ1v) is 6.77. The van der Waals surface area contributed by atoms with Crippen molar-refractivity contribution in [2.24, 2.45) is 0 Å². The molecule has 3 rings (SSSR count). The average molecular weight is 278 g/mol. The molecule has 0 aliphatic heterocycles. The average Bonchev–Trinajstić information content (AvgIpc) is 3.10. The van der Waals surface area contributed by atoms with Crippen LogP contribution in [0.1, 0.15) is 34.8 Å². The third-order valence-electron chi connectivity index (χ3n) is 2.96. The highest BCUT2D eigenvalue weighted by atomic mass is 32.1. The Hall–Kier alpha value is -1.95. The van der Waals surface area contributed by atoms with E-state index in [9.17, 15) is 14.3 Å². The molecule has 1 aromatic carbocycles. The largest absolute Gasteiger partial charge is 0.507 e. The van der Waals surface area contributed by atoms with Crippen LogP contribution in [0.3, 0.4) is 0 Å². The summed E-state index contributed by atoms with van der Waals surface area (Å²) in [5, 5.41) is 14.4. The van der Waals surface area contributed by atoms with E-state index in [4.69, 9.17) is 0 Å². The van der Waals surface area contributed by atoms with Crippen molar-refractivity contribution >= 4 is 22.4 Å². The van der Waals surface area contributed by atoms with Crippen molar-refractivity contribution in [2.75, 3.05) is 5.32 Å². The van der Waals surface area contributed by atoms with Crippen molar-refractivity contribution in [1.29, 1.82) is 0 Å². The lowest BCUT2D eigenvalue weighted by molar-refractivity contribution is 0.102. The van der Waals surface area contributed by atoms with Crippen LogP contribution in [0.5, 0.6) is 5.75 Å². The molecule has 1 amide bonds. The Morgan fingerprint density at radius 3 is 2.95 bits per heavy atom. The van der Waals surface area contributed by atoms with Crippen LogP contribution in [0.4, 0.5) is 9.52 Å². The first-order chi connectivity index (χ1) is 9.15. The van der Waals surface area contributed by atoms with Gasteiger partial charge >= 0.3 is 0 Å². The molecular weight excluding hydrogens is 267 g/mol. The van der Waals surface area contributed by atoms with Gasteiger partial charge in [0.15, 0.2) is 5.13 Å². The smallest absolute Gasteiger partial charge is 0.264 e. The number of phenolic OH excluding ortho intramolecular Hbond substituents is 1. The first kappa shape index (κ1) is 12.1. The molecule has 0 spiro atoms. The Morgan fingerprint density at radius 2 is 2.26 bits per heavy atom. The second kappa shape index (κ2) is 4.62. The van der Waals surface area contributed by atoms with Crippen molar-refractivity contribution in [2.45, 2.75) is 18.8 Å². The lowest BCUT2D eigenvalue weighted by atomic mass is 10.2. The molecule has 1 fully saturated rings. The molecular formula is C13H11FN2O2S. The number of carbonyl (C=O) groups is 1. The summed E-state index contributed by atoms with van der Waals surface area (Å²) < 4.78 is 13.5. The van der Waals surface area contributed by atoms with E-state index < -0.39 is 11.7 Å². The van der Waals surface area contributed by atoms with E-state index in [1.165, 1.54) is 23.5 Å². The van der Waals surface area contributed by atoms with Gasteiger partial charge in [0.25, 0.3) is 5.91 Å². The third kappa shape index (κ3) is 2.44. The van der Waals surface area contributed by atoms with Crippen LogP contribution in [0.2, 0.25) is 0 Å². The van der Waals surface area contributed by atoms with Gasteiger partial charge in [-0.05, 0) is 25.0 Å². The molecule has 0 radical (unpaired) electrons. The maximum atomic E-state index is 13.5. The Morgan fingerprint density at radius 1 is 1.47 bits per heavy atom. The molecule has 1 aliphatic rings. The maximum Gasteiger partial charge on any atom is 0.264 e. The number of aromatic hydroxyl groups is 1. The number of rotatable bonds is 3. The maximum absolute atomic E-state index is 13.5. The van der Waals surface area contributed by atoms with Gasteiger partial charge in [-0.1, -0.05) is 6.07 Å². The molecule has 2 aromatic rings. The minimum absolute atomic E-state index is 0.356. The summed E-state index contributed by atoms with van der Waals surface area (Å²) in [6.45, 7) is 0. The third-order valence-corrected chi connectivity index (χ3v) is 3.73. The van der Waals surface area contributed by atoms with E-state index in [0.717, 1.165) is 24.6 Å². The van der Waals surface area contributed by atoms with E-state index >= 15 is 0 Å². The second-order valence-corrected chi connectivity index (χ2v) is 5.30. The number of benzene rings is 1. The lowest BCUT2D eigenvalue weighted by Gasteiger charge is -2.05. The normalized spacial score (nSPS) is 14.4. The Bertz CT molecular complexity index is 617. The number of halogens is 1. The highest BCUT2D eigenvalue weighted by Crippen LogP contribution is 2.41. The molecule has 1 heterocycles. The number of thiazole rings is 1. The zero-order chi connectivity index (χ0) is 13.4. The molecule has 1 aliphatic carbocycles. The first-order valence-electron chi connectivity index (χ1n) is 5.89. The fraction of sp³-hybridized carbons (Fsp3) is 0.231. The van der Waals surface area contributed by atoms with Gasteiger partial charge < -0.3 is 5.11 Å². The van der Waals surface area contributed by atoms with Gasteiger partial charge in [0.2, 0.25) is 0 Å². The van der Waals surface area contributed by atoms with Crippen LogP contribution in [0, 0.1) is 5.82 Å². The Labute approximate surface area is 112 Å². The number of hydrogen-bond donors (Lipinski definition) is 2. The van der Waals surface area contributed by atoms with Crippen molar-refractivity contribution in [3.63, 3.8) is 0 Å². The number of amides is 1. The van der Waals surface area contributed by atoms with Gasteiger partial charge in [-0.25, -0.2) is 9.37 Å². The van der Waals surface area contributed by atoms with Crippen LogP contribution < -0.4 is 5.32 Å². The molecule has 4 nitrogen and oxygen atoms in total. The predicted octanol–water partition coefficient (Wildman–Crippen LogP) is 3.12. The van der Waals surface area contributed by atoms with Gasteiger partial charge in [-0.3, -0.25) is 10.1 Å². The summed E-state index contributed by atoms with van der Waals surface area (Å²) in [5.74, 6) is -1.32. The molecule has 1 aromatic heterocycles. The standard InChI is InChI=1S/C13H11FN2O2S/c14-8-2-1-3-10(17)11(8)12(18)16-13-15-9(6-19-13)7-4-5-7/h1-3,6-7,17H,4-5H2,(H,15,16,18). The summed E-state index contributed by atoms with van der Waals surface area (Å²) >= 11 is 1.31. The summed E-state index contributed by atoms with van der Waals surface area (Å²) in [5.41, 5.74) is 0.615. The summed E-state index contributed by atoms with van der Waals surface area (Å²) in [6.07, 6.45) is 2.26. The molecule has 0 unspecified atom stereocenters. The summed E-state index contributed by atoms with van der Waals surface area (Å²) in [4.78, 5) is 16.2. The van der Waals surface area contributed by atoms with Crippen LogP contribution in [0.25, 0.3) is 0 Å². The van der Waals surface area contributed by atoms with Crippen LogP contribution in [-0.4, -0.2) is 16.0 Å². The fourth-order valence-electron chi connectivity index (χ4n) is 1.81. The molecule has 2 N–H and O–H groups in total. The Kier molecular flexibility index (Phi) is 2.94. The molecule has 98 valence electrons. The molecule has 1 saturated carbocycles. The minimum Gasteiger partial charge on any atom is -0.507 e. The van der Waals surface area contributed by atoms with Crippen molar-refractivity contribution in [1.82, 2.24) is 4.98 Å². The highest BCUT2D eigenvalue weighted by Gasteiger charge is 2.26. The highest BCUT2D eigenvalue weighted by molar-refractivity contribution is 7.14. The molecule has 19 heavy (non-hydrogen) atoms. The number of nitrogens with one attached hydrogen (secondary N) is 1. The van der Waals surface area contributed by atoms with Crippen LogP contribution in [-0.2, 0) is 0 Å². The quantitative estimate of drug-likeness (QED) is 0.906. The molecule has 0 bridgehead atoms. The van der Waals surface area contributed by atoms with Crippen LogP contribution >= 0.6 is 11.3 Å². The van der Waals surface area contributed by atoms with E-state index in [-0.39, 0.29) is 11.3 Å². The van der Waals surface area contributed by atoms with E-state index in [1.54, 1.807) is 0 Å². The van der Waals surface area contributed by atoms with Gasteiger partial charge in [0.1, 0.15) is 17.1 Å². The minimum atomic E-state index is -0.753. The number of anilines is 1. The lowest BCUT2D eigenvalue weighted by Crippen LogP contribution is -2.13. The summed E-state index contributed by atoms with van der Waals surface area (Å²) in [6, 6.07) is 3.75. The van der Waals surface area contributed by atoms with Gasteiger partial charge in [-0.2, -0.15) is 0 Å². The number of carbonyl (C=O) groups excluding carboxylic acids is 1. The van der Waals surface area contributed by atoms with Crippen LogP contribution in [0.15, 0.2) is 23.6 Å². The van der Waals surface area contributed by atoms with E-state index in [2.05, 4.69) is 10.3 Å². The van der Waals surface area contributed by atoms with Crippen molar-refractivity contribution in [3.05, 3.63) is 40.7 Å². The molecule has 6 heteroatoms. The van der Waals surface area contributed by atoms with Gasteiger partial charge in [0, 0.05) is 11.3 Å². The van der Waals surface area contributed by atoms with Gasteiger partial charge in [-0.15, -0.1) is 11.3 Å². The number of phenols is 1. The zero-order valence-corrected chi connectivity index (χ0v) is 10.7. The number of aromatic nitrogens is 1. The fourth-order valence-corrected chi connectivity index (χ4v) is 2.59. The van der Waals surface area contributed by atoms with Gasteiger partial charge in [0.05, 0.1) is 5.69 Å². The van der Waals surface area contributed by atoms with E-state index in [0.29, 0.717) is 11.0 Å². The predicted molar refractivity (Wildman–Crippen MR) is 70.1 cm³/mol. The SMILES string of the molecule is O=C(Nc1nc(C2CC2)cs1)c1c(O)cccc1F. The molecule has 0 saturated heterocycles. The molecule has 0 atom stereocenters. The Balaban J connectivity index is 1.80. The monoisotopic (exact) mass is 278 g/mol. The number of nitrogens with zero attached hydrogens (tertiary/aromatic N) is 1. The van der Waals surface area contributed by atoms with Crippen molar-refractivity contribution < 1.29 is 14.3 Å². The number of hydrogen-bond acceptors (Lipinski definition) is 4. The zero-order valence-electron chi connectivity index (χ0n) is 9.89. The van der Waals surface area contributed by atoms with E-state index in [1.807, 2.05) is 5.38 Å². The second-order valence-electron chi connectivity index (χ2n) is 4.44. The van der Waals surface area contributed by atoms with Crippen molar-refractivity contribution in [3.8, 4) is 5.75 Å². The summed E-state index contributed by atoms with van der Waals surface area (Å²) in [7, 11) is 0. The topological polar surface area (TPSA) is 62.2 Å².